The van der Waals surface area contributed by atoms with Crippen LogP contribution in [0.3, 0.4) is 0 Å². The summed E-state index contributed by atoms with van der Waals surface area (Å²) in [5, 5.41) is 4.33. The molecule has 1 saturated carbocycles. The van der Waals surface area contributed by atoms with Crippen LogP contribution in [0.2, 0.25) is 0 Å². The minimum absolute atomic E-state index is 0.709. The summed E-state index contributed by atoms with van der Waals surface area (Å²) in [5.41, 5.74) is 3.66. The lowest BCUT2D eigenvalue weighted by molar-refractivity contribution is 0.0691. The predicted molar refractivity (Wildman–Crippen MR) is 116 cm³/mol. The highest BCUT2D eigenvalue weighted by atomic mass is 32.1. The van der Waals surface area contributed by atoms with Crippen LogP contribution in [0.25, 0.3) is 0 Å². The second-order valence-corrected chi connectivity index (χ2v) is 8.91. The summed E-state index contributed by atoms with van der Waals surface area (Å²) in [6.07, 6.45) is 8.04. The number of hydrogen-bond acceptors (Lipinski definition) is 2. The van der Waals surface area contributed by atoms with Crippen molar-refractivity contribution in [3.05, 3.63) is 29.3 Å². The molecule has 1 aliphatic heterocycles. The predicted octanol–water partition coefficient (Wildman–Crippen LogP) is 4.98. The SMILES string of the molecule is Cc1cc(C)cc(NC(=S)N2CCC(N(C)[C@H]3CCCC[C@@H]3C)CC2)c1. The number of likely N-dealkylation sites (tertiary alicyclic amines) is 1. The molecule has 0 spiro atoms. The van der Waals surface area contributed by atoms with Crippen molar-refractivity contribution in [3.63, 3.8) is 0 Å². The minimum Gasteiger partial charge on any atom is -0.349 e. The van der Waals surface area contributed by atoms with Gasteiger partial charge in [-0.25, -0.2) is 0 Å². The molecule has 26 heavy (non-hydrogen) atoms. The summed E-state index contributed by atoms with van der Waals surface area (Å²) in [7, 11) is 2.36. The first-order valence-corrected chi connectivity index (χ1v) is 10.7. The average molecular weight is 374 g/mol. The summed E-state index contributed by atoms with van der Waals surface area (Å²) in [6.45, 7) is 8.83. The molecule has 1 aromatic rings. The lowest BCUT2D eigenvalue weighted by Gasteiger charge is -2.44. The van der Waals surface area contributed by atoms with Crippen LogP contribution in [0.1, 0.15) is 56.6 Å². The fraction of sp³-hybridized carbons (Fsp3) is 0.682. The minimum atomic E-state index is 0.709. The molecule has 0 amide bonds. The zero-order chi connectivity index (χ0) is 18.7. The van der Waals surface area contributed by atoms with Crippen molar-refractivity contribution in [1.82, 2.24) is 9.80 Å². The molecular weight excluding hydrogens is 338 g/mol. The molecule has 3 rings (SSSR count). The highest BCUT2D eigenvalue weighted by Gasteiger charge is 2.31. The second-order valence-electron chi connectivity index (χ2n) is 8.52. The summed E-state index contributed by atoms with van der Waals surface area (Å²) in [5.74, 6) is 0.846. The molecule has 1 aromatic carbocycles. The van der Waals surface area contributed by atoms with Gasteiger partial charge in [-0.1, -0.05) is 25.8 Å². The Labute approximate surface area is 165 Å². The Kier molecular flexibility index (Phi) is 6.57. The van der Waals surface area contributed by atoms with Crippen LogP contribution < -0.4 is 5.32 Å². The molecule has 2 fully saturated rings. The molecular formula is C22H35N3S. The Morgan fingerprint density at radius 1 is 1.04 bits per heavy atom. The Bertz CT molecular complexity index is 602. The maximum Gasteiger partial charge on any atom is 0.173 e. The highest BCUT2D eigenvalue weighted by Crippen LogP contribution is 2.30. The van der Waals surface area contributed by atoms with E-state index in [0.29, 0.717) is 6.04 Å². The maximum absolute atomic E-state index is 5.69. The van der Waals surface area contributed by atoms with Crippen LogP contribution in [0, 0.1) is 19.8 Å². The van der Waals surface area contributed by atoms with Crippen LogP contribution in [-0.4, -0.2) is 47.1 Å². The molecule has 2 aliphatic rings. The second kappa shape index (κ2) is 8.71. The van der Waals surface area contributed by atoms with E-state index in [4.69, 9.17) is 12.2 Å². The number of benzene rings is 1. The Balaban J connectivity index is 1.52. The molecule has 1 aliphatic carbocycles. The van der Waals surface area contributed by atoms with Gasteiger partial charge in [-0.2, -0.15) is 0 Å². The van der Waals surface area contributed by atoms with Crippen molar-refractivity contribution < 1.29 is 0 Å². The van der Waals surface area contributed by atoms with E-state index in [2.05, 4.69) is 61.1 Å². The molecule has 4 heteroatoms. The lowest BCUT2D eigenvalue weighted by Crippen LogP contribution is -2.51. The fourth-order valence-corrected chi connectivity index (χ4v) is 5.20. The first-order valence-electron chi connectivity index (χ1n) is 10.3. The summed E-state index contributed by atoms with van der Waals surface area (Å²) in [4.78, 5) is 5.04. The Morgan fingerprint density at radius 3 is 2.27 bits per heavy atom. The zero-order valence-electron chi connectivity index (χ0n) is 16.9. The van der Waals surface area contributed by atoms with Gasteiger partial charge in [0.15, 0.2) is 5.11 Å². The number of aryl methyl sites for hydroxylation is 2. The van der Waals surface area contributed by atoms with Gasteiger partial charge >= 0.3 is 0 Å². The number of anilines is 1. The van der Waals surface area contributed by atoms with Crippen LogP contribution in [0.15, 0.2) is 18.2 Å². The molecule has 1 N–H and O–H groups in total. The molecule has 1 saturated heterocycles. The molecule has 0 aromatic heterocycles. The summed E-state index contributed by atoms with van der Waals surface area (Å²) >= 11 is 5.69. The fourth-order valence-electron chi connectivity index (χ4n) is 4.90. The first-order chi connectivity index (χ1) is 12.4. The molecule has 2 atom stereocenters. The van der Waals surface area contributed by atoms with Gasteiger partial charge in [0.25, 0.3) is 0 Å². The van der Waals surface area contributed by atoms with E-state index < -0.39 is 0 Å². The van der Waals surface area contributed by atoms with Crippen molar-refractivity contribution >= 4 is 23.0 Å². The van der Waals surface area contributed by atoms with E-state index in [1.165, 1.54) is 49.7 Å². The Hall–Kier alpha value is -1.13. The smallest absolute Gasteiger partial charge is 0.173 e. The van der Waals surface area contributed by atoms with Gasteiger partial charge in [0.05, 0.1) is 0 Å². The van der Waals surface area contributed by atoms with Crippen molar-refractivity contribution in [2.45, 2.75) is 71.4 Å². The van der Waals surface area contributed by atoms with Crippen molar-refractivity contribution in [3.8, 4) is 0 Å². The normalized spacial score (nSPS) is 24.7. The Morgan fingerprint density at radius 2 is 1.65 bits per heavy atom. The quantitative estimate of drug-likeness (QED) is 0.753. The third kappa shape index (κ3) is 4.77. The van der Waals surface area contributed by atoms with E-state index >= 15 is 0 Å². The van der Waals surface area contributed by atoms with Crippen LogP contribution in [0.5, 0.6) is 0 Å². The average Bonchev–Trinajstić information content (AvgIpc) is 2.61. The van der Waals surface area contributed by atoms with E-state index in [1.54, 1.807) is 0 Å². The van der Waals surface area contributed by atoms with Gasteiger partial charge < -0.3 is 15.1 Å². The highest BCUT2D eigenvalue weighted by molar-refractivity contribution is 7.80. The van der Waals surface area contributed by atoms with Crippen molar-refractivity contribution in [2.75, 3.05) is 25.5 Å². The number of nitrogens with one attached hydrogen (secondary N) is 1. The number of thiocarbonyl (C=S) groups is 1. The van der Waals surface area contributed by atoms with Crippen molar-refractivity contribution in [2.24, 2.45) is 5.92 Å². The molecule has 0 radical (unpaired) electrons. The standard InChI is InChI=1S/C22H35N3S/c1-16-13-17(2)15-19(14-16)23-22(26)25-11-9-20(10-12-25)24(4)21-8-6-5-7-18(21)3/h13-15,18,20-21H,5-12H2,1-4H3,(H,23,26)/t18-,21-/m0/s1. The largest absolute Gasteiger partial charge is 0.349 e. The molecule has 0 unspecified atom stereocenters. The number of rotatable bonds is 3. The topological polar surface area (TPSA) is 18.5 Å². The van der Waals surface area contributed by atoms with Gasteiger partial charge in [-0.15, -0.1) is 0 Å². The molecule has 0 bridgehead atoms. The van der Waals surface area contributed by atoms with Crippen LogP contribution in [-0.2, 0) is 0 Å². The van der Waals surface area contributed by atoms with Gasteiger partial charge in [0.2, 0.25) is 0 Å². The van der Waals surface area contributed by atoms with Gasteiger partial charge in [-0.3, -0.25) is 0 Å². The van der Waals surface area contributed by atoms with E-state index in [9.17, 15) is 0 Å². The first kappa shape index (κ1) is 19.6. The van der Waals surface area contributed by atoms with Crippen LogP contribution in [0.4, 0.5) is 5.69 Å². The molecule has 1 heterocycles. The van der Waals surface area contributed by atoms with E-state index in [1.807, 2.05) is 0 Å². The van der Waals surface area contributed by atoms with E-state index in [-0.39, 0.29) is 0 Å². The third-order valence-electron chi connectivity index (χ3n) is 6.39. The zero-order valence-corrected chi connectivity index (χ0v) is 17.7. The monoisotopic (exact) mass is 373 g/mol. The maximum atomic E-state index is 5.69. The van der Waals surface area contributed by atoms with Crippen molar-refractivity contribution in [1.29, 1.82) is 0 Å². The number of nitrogens with zero attached hydrogens (tertiary/aromatic N) is 2. The lowest BCUT2D eigenvalue weighted by atomic mass is 9.84. The molecule has 144 valence electrons. The van der Waals surface area contributed by atoms with Crippen LogP contribution >= 0.6 is 12.2 Å². The van der Waals surface area contributed by atoms with Gasteiger partial charge in [0, 0.05) is 30.9 Å². The summed E-state index contributed by atoms with van der Waals surface area (Å²) in [6, 6.07) is 8.03. The van der Waals surface area contributed by atoms with Gasteiger partial charge in [-0.05, 0) is 88.0 Å². The molecule has 3 nitrogen and oxygen atoms in total. The summed E-state index contributed by atoms with van der Waals surface area (Å²) < 4.78 is 0. The number of hydrogen-bond donors (Lipinski definition) is 1. The third-order valence-corrected chi connectivity index (χ3v) is 6.75. The number of piperidine rings is 1. The van der Waals surface area contributed by atoms with Gasteiger partial charge in [0.1, 0.15) is 0 Å². The van der Waals surface area contributed by atoms with E-state index in [0.717, 1.165) is 35.8 Å².